The summed E-state index contributed by atoms with van der Waals surface area (Å²) in [6.07, 6.45) is 1.66. The molecule has 0 amide bonds. The molecule has 0 aliphatic heterocycles. The predicted octanol–water partition coefficient (Wildman–Crippen LogP) is 3.06. The van der Waals surface area contributed by atoms with Crippen LogP contribution in [-0.4, -0.2) is 31.9 Å². The molecule has 0 unspecified atom stereocenters. The maximum absolute atomic E-state index is 12.6. The number of hydrogen-bond acceptors (Lipinski definition) is 4. The van der Waals surface area contributed by atoms with Crippen molar-refractivity contribution in [2.75, 3.05) is 7.05 Å². The molecule has 0 saturated carbocycles. The molecule has 6 heteroatoms. The number of nitrogens with zero attached hydrogens (tertiary/aromatic N) is 1. The van der Waals surface area contributed by atoms with E-state index in [0.717, 1.165) is 17.7 Å². The minimum absolute atomic E-state index is 0.0668. The van der Waals surface area contributed by atoms with Crippen molar-refractivity contribution in [1.29, 1.82) is 0 Å². The van der Waals surface area contributed by atoms with Gasteiger partial charge in [-0.2, -0.15) is 4.31 Å². The highest BCUT2D eigenvalue weighted by Gasteiger charge is 2.26. The lowest BCUT2D eigenvalue weighted by atomic mass is 10.2. The van der Waals surface area contributed by atoms with E-state index in [4.69, 9.17) is 0 Å². The Kier molecular flexibility index (Phi) is 6.64. The Bertz CT molecular complexity index is 505. The molecule has 116 valence electrons. The number of thiophene rings is 1. The topological polar surface area (TPSA) is 49.4 Å². The molecule has 0 spiro atoms. The summed E-state index contributed by atoms with van der Waals surface area (Å²) in [5.74, 6) is 0. The average molecular weight is 319 g/mol. The lowest BCUT2D eigenvalue weighted by Crippen LogP contribution is -2.36. The number of nitrogens with one attached hydrogen (secondary N) is 1. The van der Waals surface area contributed by atoms with Gasteiger partial charge in [0.2, 0.25) is 10.0 Å². The van der Waals surface area contributed by atoms with Crippen LogP contribution in [0.15, 0.2) is 16.3 Å². The van der Waals surface area contributed by atoms with E-state index in [9.17, 15) is 8.42 Å². The first kappa shape index (κ1) is 17.6. The molecular formula is C14H26N2O2S2. The van der Waals surface area contributed by atoms with Gasteiger partial charge in [0, 0.05) is 35.9 Å². The Hall–Kier alpha value is -0.430. The maximum Gasteiger partial charge on any atom is 0.243 e. The summed E-state index contributed by atoms with van der Waals surface area (Å²) in [5, 5.41) is 5.04. The Labute approximate surface area is 127 Å². The van der Waals surface area contributed by atoms with E-state index in [1.165, 1.54) is 15.6 Å². The largest absolute Gasteiger partial charge is 0.310 e. The third-order valence-corrected chi connectivity index (χ3v) is 6.42. The number of rotatable bonds is 8. The van der Waals surface area contributed by atoms with Crippen LogP contribution in [0.2, 0.25) is 0 Å². The van der Waals surface area contributed by atoms with Crippen LogP contribution < -0.4 is 5.32 Å². The zero-order valence-corrected chi connectivity index (χ0v) is 14.6. The van der Waals surface area contributed by atoms with Gasteiger partial charge in [-0.3, -0.25) is 0 Å². The molecule has 4 nitrogen and oxygen atoms in total. The normalized spacial score (nSPS) is 12.8. The van der Waals surface area contributed by atoms with Crippen LogP contribution in [0.4, 0.5) is 0 Å². The molecule has 1 aromatic rings. The molecule has 20 heavy (non-hydrogen) atoms. The molecule has 0 atom stereocenters. The van der Waals surface area contributed by atoms with E-state index in [1.807, 2.05) is 13.8 Å². The molecule has 1 rings (SSSR count). The second kappa shape index (κ2) is 7.54. The Morgan fingerprint density at radius 3 is 2.40 bits per heavy atom. The monoisotopic (exact) mass is 318 g/mol. The zero-order valence-electron chi connectivity index (χ0n) is 13.0. The van der Waals surface area contributed by atoms with Crippen LogP contribution in [0.1, 0.15) is 45.4 Å². The molecular weight excluding hydrogens is 292 g/mol. The van der Waals surface area contributed by atoms with Gasteiger partial charge in [0.05, 0.1) is 4.90 Å². The van der Waals surface area contributed by atoms with Gasteiger partial charge in [0.15, 0.2) is 0 Å². The summed E-state index contributed by atoms with van der Waals surface area (Å²) in [4.78, 5) is 1.47. The van der Waals surface area contributed by atoms with Gasteiger partial charge < -0.3 is 5.32 Å². The highest BCUT2D eigenvalue weighted by Crippen LogP contribution is 2.24. The third kappa shape index (κ3) is 4.28. The van der Waals surface area contributed by atoms with Crippen molar-refractivity contribution in [3.05, 3.63) is 16.3 Å². The summed E-state index contributed by atoms with van der Waals surface area (Å²) in [6, 6.07) is 2.25. The molecule has 0 radical (unpaired) electrons. The quantitative estimate of drug-likeness (QED) is 0.801. The van der Waals surface area contributed by atoms with E-state index in [0.29, 0.717) is 17.5 Å². The van der Waals surface area contributed by atoms with E-state index in [-0.39, 0.29) is 6.04 Å². The van der Waals surface area contributed by atoms with Crippen LogP contribution in [0.3, 0.4) is 0 Å². The Morgan fingerprint density at radius 1 is 1.30 bits per heavy atom. The second-order valence-electron chi connectivity index (χ2n) is 5.28. The van der Waals surface area contributed by atoms with E-state index in [2.05, 4.69) is 19.2 Å². The van der Waals surface area contributed by atoms with Crippen molar-refractivity contribution in [3.63, 3.8) is 0 Å². The van der Waals surface area contributed by atoms with Crippen molar-refractivity contribution >= 4 is 21.4 Å². The maximum atomic E-state index is 12.6. The molecule has 1 heterocycles. The molecule has 1 N–H and O–H groups in total. The molecule has 1 aromatic heterocycles. The van der Waals surface area contributed by atoms with Crippen LogP contribution in [-0.2, 0) is 16.6 Å². The molecule has 0 bridgehead atoms. The third-order valence-electron chi connectivity index (χ3n) is 3.45. The van der Waals surface area contributed by atoms with Gasteiger partial charge in [0.1, 0.15) is 0 Å². The fourth-order valence-corrected chi connectivity index (χ4v) is 4.78. The van der Waals surface area contributed by atoms with Gasteiger partial charge in [-0.15, -0.1) is 11.3 Å². The van der Waals surface area contributed by atoms with Crippen molar-refractivity contribution in [2.45, 2.75) is 64.1 Å². The van der Waals surface area contributed by atoms with Gasteiger partial charge in [-0.25, -0.2) is 8.42 Å². The van der Waals surface area contributed by atoms with Crippen LogP contribution >= 0.6 is 11.3 Å². The molecule has 0 aromatic carbocycles. The van der Waals surface area contributed by atoms with E-state index in [1.54, 1.807) is 18.5 Å². The smallest absolute Gasteiger partial charge is 0.243 e. The number of sulfonamides is 1. The van der Waals surface area contributed by atoms with Crippen LogP contribution in [0.25, 0.3) is 0 Å². The minimum Gasteiger partial charge on any atom is -0.310 e. The Balaban J connectivity index is 2.87. The zero-order chi connectivity index (χ0) is 15.3. The first-order valence-corrected chi connectivity index (χ1v) is 9.43. The molecule has 0 saturated heterocycles. The summed E-state index contributed by atoms with van der Waals surface area (Å²) in [6.45, 7) is 8.91. The number of hydrogen-bond donors (Lipinski definition) is 1. The first-order chi connectivity index (χ1) is 9.32. The van der Waals surface area contributed by atoms with Gasteiger partial charge in [-0.05, 0) is 18.9 Å². The van der Waals surface area contributed by atoms with Crippen molar-refractivity contribution in [2.24, 2.45) is 0 Å². The fourth-order valence-electron chi connectivity index (χ4n) is 2.06. The minimum atomic E-state index is -3.36. The van der Waals surface area contributed by atoms with E-state index < -0.39 is 10.0 Å². The molecule has 0 aliphatic rings. The standard InChI is InChI=1S/C14H26N2O2S2/c1-6-12(7-2)16(5)20(17,18)14-8-13(19-10-14)9-15-11(3)4/h8,10-12,15H,6-7,9H2,1-5H3. The second-order valence-corrected chi connectivity index (χ2v) is 8.27. The highest BCUT2D eigenvalue weighted by atomic mass is 32.2. The lowest BCUT2D eigenvalue weighted by Gasteiger charge is -2.24. The van der Waals surface area contributed by atoms with Gasteiger partial charge >= 0.3 is 0 Å². The average Bonchev–Trinajstić information content (AvgIpc) is 2.87. The molecule has 0 aliphatic carbocycles. The Morgan fingerprint density at radius 2 is 1.90 bits per heavy atom. The van der Waals surface area contributed by atoms with Crippen molar-refractivity contribution in [1.82, 2.24) is 9.62 Å². The van der Waals surface area contributed by atoms with Crippen LogP contribution in [0, 0.1) is 0 Å². The summed E-state index contributed by atoms with van der Waals surface area (Å²) < 4.78 is 26.6. The predicted molar refractivity (Wildman–Crippen MR) is 85.6 cm³/mol. The highest BCUT2D eigenvalue weighted by molar-refractivity contribution is 7.89. The molecule has 0 fully saturated rings. The lowest BCUT2D eigenvalue weighted by molar-refractivity contribution is 0.350. The summed E-state index contributed by atoms with van der Waals surface area (Å²) >= 11 is 1.49. The summed E-state index contributed by atoms with van der Waals surface area (Å²) in [7, 11) is -1.69. The SMILES string of the molecule is CCC(CC)N(C)S(=O)(=O)c1csc(CNC(C)C)c1. The van der Waals surface area contributed by atoms with Crippen molar-refractivity contribution in [3.8, 4) is 0 Å². The first-order valence-electron chi connectivity index (χ1n) is 7.11. The van der Waals surface area contributed by atoms with Crippen molar-refractivity contribution < 1.29 is 8.42 Å². The fraction of sp³-hybridized carbons (Fsp3) is 0.714. The van der Waals surface area contributed by atoms with Gasteiger partial charge in [-0.1, -0.05) is 27.7 Å². The van der Waals surface area contributed by atoms with E-state index >= 15 is 0 Å². The van der Waals surface area contributed by atoms with Crippen LogP contribution in [0.5, 0.6) is 0 Å². The summed E-state index contributed by atoms with van der Waals surface area (Å²) in [5.41, 5.74) is 0. The van der Waals surface area contributed by atoms with Gasteiger partial charge in [0.25, 0.3) is 0 Å².